The first kappa shape index (κ1) is 11.4. The summed E-state index contributed by atoms with van der Waals surface area (Å²) in [6, 6.07) is 0. The third-order valence-corrected chi connectivity index (χ3v) is 3.60. The Morgan fingerprint density at radius 3 is 2.71 bits per heavy atom. The van der Waals surface area contributed by atoms with Crippen molar-refractivity contribution in [2.45, 2.75) is 27.2 Å². The van der Waals surface area contributed by atoms with Crippen molar-refractivity contribution in [1.29, 1.82) is 0 Å². The molecule has 2 heteroatoms. The Morgan fingerprint density at radius 1 is 1.50 bits per heavy atom. The van der Waals surface area contributed by atoms with Crippen molar-refractivity contribution in [2.75, 3.05) is 12.9 Å². The summed E-state index contributed by atoms with van der Waals surface area (Å²) in [6.45, 7) is 6.41. The zero-order valence-corrected chi connectivity index (χ0v) is 10.3. The topological polar surface area (TPSA) is 3.24 Å². The average Bonchev–Trinajstić information content (AvgIpc) is 2.56. The number of likely N-dealkylation sites (N-methyl/N-ethyl adjacent to an activating group) is 1. The highest BCUT2D eigenvalue weighted by atomic mass is 32.2. The van der Waals surface area contributed by atoms with Gasteiger partial charge in [-0.1, -0.05) is 25.2 Å². The van der Waals surface area contributed by atoms with Gasteiger partial charge in [0.1, 0.15) is 0 Å². The molecule has 0 saturated carbocycles. The van der Waals surface area contributed by atoms with E-state index in [4.69, 9.17) is 0 Å². The predicted octanol–water partition coefficient (Wildman–Crippen LogP) is 3.77. The van der Waals surface area contributed by atoms with Crippen molar-refractivity contribution >= 4 is 11.8 Å². The van der Waals surface area contributed by atoms with Gasteiger partial charge in [0.15, 0.2) is 0 Å². The van der Waals surface area contributed by atoms with Crippen LogP contribution in [-0.2, 0) is 0 Å². The van der Waals surface area contributed by atoms with Crippen LogP contribution in [-0.4, -0.2) is 17.8 Å². The molecule has 78 valence electrons. The van der Waals surface area contributed by atoms with Gasteiger partial charge >= 0.3 is 0 Å². The van der Waals surface area contributed by atoms with Gasteiger partial charge in [0, 0.05) is 12.0 Å². The van der Waals surface area contributed by atoms with E-state index < -0.39 is 0 Å². The monoisotopic (exact) mass is 209 g/mol. The lowest BCUT2D eigenvalue weighted by atomic mass is 10.1. The number of hydrogen-bond donors (Lipinski definition) is 0. The minimum atomic E-state index is 1.08. The Balaban J connectivity index is 3.11. The molecule has 0 aromatic carbocycles. The van der Waals surface area contributed by atoms with Crippen LogP contribution in [0.4, 0.5) is 0 Å². The zero-order valence-electron chi connectivity index (χ0n) is 9.50. The zero-order chi connectivity index (χ0) is 10.6. The van der Waals surface area contributed by atoms with Crippen molar-refractivity contribution < 1.29 is 0 Å². The van der Waals surface area contributed by atoms with Crippen LogP contribution in [0.2, 0.25) is 0 Å². The number of nitrogens with zero attached hydrogens (tertiary/aromatic N) is 1. The molecule has 0 aliphatic carbocycles. The molecule has 0 atom stereocenters. The van der Waals surface area contributed by atoms with Gasteiger partial charge < -0.3 is 4.90 Å². The Morgan fingerprint density at radius 2 is 2.21 bits per heavy atom. The molecule has 0 amide bonds. The first-order chi connectivity index (χ1) is 6.74. The van der Waals surface area contributed by atoms with Crippen LogP contribution in [0.15, 0.2) is 34.4 Å². The van der Waals surface area contributed by atoms with Gasteiger partial charge in [-0.15, -0.1) is 11.8 Å². The van der Waals surface area contributed by atoms with E-state index in [0.717, 1.165) is 12.3 Å². The van der Waals surface area contributed by atoms with E-state index in [0.29, 0.717) is 0 Å². The van der Waals surface area contributed by atoms with E-state index in [2.05, 4.69) is 50.9 Å². The number of rotatable bonds is 2. The normalized spacial score (nSPS) is 24.0. The summed E-state index contributed by atoms with van der Waals surface area (Å²) in [5.74, 6) is 1.08. The molecule has 0 radical (unpaired) electrons. The second kappa shape index (κ2) is 5.30. The van der Waals surface area contributed by atoms with E-state index in [-0.39, 0.29) is 0 Å². The van der Waals surface area contributed by atoms with Crippen LogP contribution in [0.1, 0.15) is 27.2 Å². The molecule has 1 aliphatic rings. The predicted molar refractivity (Wildman–Crippen MR) is 66.1 cm³/mol. The quantitative estimate of drug-likeness (QED) is 0.681. The summed E-state index contributed by atoms with van der Waals surface area (Å²) in [5, 5.41) is 0. The summed E-state index contributed by atoms with van der Waals surface area (Å²) in [4.78, 5) is 3.75. The highest BCUT2D eigenvalue weighted by molar-refractivity contribution is 8.03. The molecule has 0 bridgehead atoms. The Labute approximate surface area is 91.6 Å². The van der Waals surface area contributed by atoms with Crippen LogP contribution in [0.3, 0.4) is 0 Å². The number of thioether (sulfide) groups is 1. The summed E-state index contributed by atoms with van der Waals surface area (Å²) in [6.07, 6.45) is 7.65. The second-order valence-electron chi connectivity index (χ2n) is 3.35. The molecular formula is C12H19NS. The number of allylic oxidation sites excluding steroid dienone is 4. The molecule has 14 heavy (non-hydrogen) atoms. The molecular weight excluding hydrogens is 190 g/mol. The Kier molecular flexibility index (Phi) is 4.33. The highest BCUT2D eigenvalue weighted by Crippen LogP contribution is 2.37. The molecule has 1 nitrogen and oxygen atoms in total. The van der Waals surface area contributed by atoms with Gasteiger partial charge in [-0.25, -0.2) is 0 Å². The third-order valence-electron chi connectivity index (χ3n) is 2.34. The van der Waals surface area contributed by atoms with Gasteiger partial charge in [0.25, 0.3) is 0 Å². The molecule has 1 rings (SSSR count). The second-order valence-corrected chi connectivity index (χ2v) is 4.34. The first-order valence-electron chi connectivity index (χ1n) is 5.11. The van der Waals surface area contributed by atoms with Crippen LogP contribution in [0.5, 0.6) is 0 Å². The molecule has 0 aromatic rings. The molecule has 1 heterocycles. The minimum Gasteiger partial charge on any atom is -0.364 e. The van der Waals surface area contributed by atoms with E-state index in [1.165, 1.54) is 16.2 Å². The summed E-state index contributed by atoms with van der Waals surface area (Å²) >= 11 is 1.92. The Hall–Kier alpha value is -0.630. The van der Waals surface area contributed by atoms with Crippen molar-refractivity contribution in [3.05, 3.63) is 34.4 Å². The smallest absolute Gasteiger partial charge is 0.0683 e. The SMILES string of the molecule is C\C=C/C(CC)=C1\C(=C/C)SCN1C. The largest absolute Gasteiger partial charge is 0.364 e. The summed E-state index contributed by atoms with van der Waals surface area (Å²) in [7, 11) is 2.16. The van der Waals surface area contributed by atoms with Crippen LogP contribution >= 0.6 is 11.8 Å². The molecule has 0 N–H and O–H groups in total. The lowest BCUT2D eigenvalue weighted by molar-refractivity contribution is 0.514. The molecule has 0 unspecified atom stereocenters. The average molecular weight is 209 g/mol. The number of hydrogen-bond acceptors (Lipinski definition) is 2. The molecule has 1 saturated heterocycles. The van der Waals surface area contributed by atoms with E-state index in [1.54, 1.807) is 0 Å². The lowest BCUT2D eigenvalue weighted by Crippen LogP contribution is -2.11. The van der Waals surface area contributed by atoms with Crippen LogP contribution < -0.4 is 0 Å². The van der Waals surface area contributed by atoms with E-state index in [9.17, 15) is 0 Å². The fraction of sp³-hybridized carbons (Fsp3) is 0.500. The maximum Gasteiger partial charge on any atom is 0.0683 e. The summed E-state index contributed by atoms with van der Waals surface area (Å²) in [5.41, 5.74) is 2.85. The maximum absolute atomic E-state index is 2.33. The van der Waals surface area contributed by atoms with Crippen molar-refractivity contribution in [2.24, 2.45) is 0 Å². The van der Waals surface area contributed by atoms with Gasteiger partial charge in [-0.3, -0.25) is 0 Å². The molecule has 0 aromatic heterocycles. The van der Waals surface area contributed by atoms with Crippen molar-refractivity contribution in [3.63, 3.8) is 0 Å². The van der Waals surface area contributed by atoms with Gasteiger partial charge in [0.05, 0.1) is 11.6 Å². The first-order valence-corrected chi connectivity index (χ1v) is 6.09. The van der Waals surface area contributed by atoms with Gasteiger partial charge in [0.2, 0.25) is 0 Å². The molecule has 1 fully saturated rings. The van der Waals surface area contributed by atoms with Crippen molar-refractivity contribution in [3.8, 4) is 0 Å². The maximum atomic E-state index is 2.33. The highest BCUT2D eigenvalue weighted by Gasteiger charge is 2.20. The standard InChI is InChI=1S/C12H19NS/c1-5-8-10(6-2)12-11(7-3)14-9-13(12)4/h5,7-8H,6,9H2,1-4H3/b8-5-,11-7+,12-10+. The minimum absolute atomic E-state index is 1.08. The van der Waals surface area contributed by atoms with Crippen LogP contribution in [0.25, 0.3) is 0 Å². The third kappa shape index (κ3) is 2.24. The fourth-order valence-electron chi connectivity index (χ4n) is 1.68. The molecule has 0 spiro atoms. The fourth-order valence-corrected chi connectivity index (χ4v) is 2.73. The molecule has 1 aliphatic heterocycles. The van der Waals surface area contributed by atoms with E-state index in [1.807, 2.05) is 11.8 Å². The van der Waals surface area contributed by atoms with Gasteiger partial charge in [-0.2, -0.15) is 0 Å². The summed E-state index contributed by atoms with van der Waals surface area (Å²) < 4.78 is 0. The Bertz CT molecular complexity index is 287. The lowest BCUT2D eigenvalue weighted by Gasteiger charge is -2.15. The van der Waals surface area contributed by atoms with E-state index >= 15 is 0 Å². The van der Waals surface area contributed by atoms with Crippen molar-refractivity contribution in [1.82, 2.24) is 4.90 Å². The van der Waals surface area contributed by atoms with Gasteiger partial charge in [-0.05, 0) is 25.8 Å². The van der Waals surface area contributed by atoms with Crippen LogP contribution in [0, 0.1) is 0 Å².